The van der Waals surface area contributed by atoms with Crippen LogP contribution in [0.5, 0.6) is 0 Å². The van der Waals surface area contributed by atoms with Gasteiger partial charge in [0.1, 0.15) is 6.04 Å². The van der Waals surface area contributed by atoms with Gasteiger partial charge in [-0.15, -0.1) is 0 Å². The van der Waals surface area contributed by atoms with E-state index >= 15 is 0 Å². The van der Waals surface area contributed by atoms with E-state index in [0.717, 1.165) is 18.4 Å². The molecule has 0 bridgehead atoms. The monoisotopic (exact) mass is 253 g/mol. The summed E-state index contributed by atoms with van der Waals surface area (Å²) in [4.78, 5) is 24.6. The van der Waals surface area contributed by atoms with E-state index in [-0.39, 0.29) is 5.91 Å². The summed E-state index contributed by atoms with van der Waals surface area (Å²) < 4.78 is 0. The van der Waals surface area contributed by atoms with Crippen molar-refractivity contribution in [3.8, 4) is 0 Å². The van der Waals surface area contributed by atoms with Gasteiger partial charge < -0.3 is 10.0 Å². The Bertz CT molecular complexity index is 402. The molecule has 1 saturated heterocycles. The van der Waals surface area contributed by atoms with Gasteiger partial charge >= 0.3 is 5.97 Å². The van der Waals surface area contributed by atoms with E-state index in [1.165, 1.54) is 4.90 Å². The Morgan fingerprint density at radius 1 is 1.47 bits per heavy atom. The summed E-state index contributed by atoms with van der Waals surface area (Å²) in [6.07, 6.45) is 2.68. The Hall–Kier alpha value is -1.36. The van der Waals surface area contributed by atoms with Crippen LogP contribution in [0, 0.1) is 0 Å². The first kappa shape index (κ1) is 12.1. The molecule has 0 aromatic carbocycles. The van der Waals surface area contributed by atoms with Gasteiger partial charge in [0.05, 0.1) is 6.42 Å². The van der Waals surface area contributed by atoms with Crippen LogP contribution in [0.1, 0.15) is 24.8 Å². The minimum Gasteiger partial charge on any atom is -0.480 e. The minimum atomic E-state index is -0.886. The first-order valence-corrected chi connectivity index (χ1v) is 6.66. The molecule has 0 saturated carbocycles. The molecule has 4 nitrogen and oxygen atoms in total. The molecule has 1 aromatic rings. The molecule has 2 rings (SSSR count). The quantitative estimate of drug-likeness (QED) is 0.893. The molecule has 0 aliphatic carbocycles. The number of nitrogens with zero attached hydrogens (tertiary/aromatic N) is 1. The predicted octanol–water partition coefficient (Wildman–Crippen LogP) is 1.76. The van der Waals surface area contributed by atoms with Crippen LogP contribution in [0.3, 0.4) is 0 Å². The lowest BCUT2D eigenvalue weighted by atomic mass is 10.0. The van der Waals surface area contributed by atoms with Gasteiger partial charge in [0.2, 0.25) is 5.91 Å². The van der Waals surface area contributed by atoms with Crippen molar-refractivity contribution >= 4 is 23.2 Å². The second-order valence-corrected chi connectivity index (χ2v) is 5.03. The fourth-order valence-corrected chi connectivity index (χ4v) is 2.82. The Labute approximate surface area is 104 Å². The lowest BCUT2D eigenvalue weighted by Gasteiger charge is -2.32. The van der Waals surface area contributed by atoms with Crippen molar-refractivity contribution < 1.29 is 14.7 Å². The van der Waals surface area contributed by atoms with E-state index in [4.69, 9.17) is 5.11 Å². The van der Waals surface area contributed by atoms with E-state index in [1.807, 2.05) is 16.8 Å². The second-order valence-electron chi connectivity index (χ2n) is 4.25. The lowest BCUT2D eigenvalue weighted by Crippen LogP contribution is -2.48. The maximum atomic E-state index is 12.0. The second kappa shape index (κ2) is 5.31. The topological polar surface area (TPSA) is 57.6 Å². The maximum Gasteiger partial charge on any atom is 0.326 e. The van der Waals surface area contributed by atoms with Gasteiger partial charge in [-0.2, -0.15) is 11.3 Å². The average Bonchev–Trinajstić information content (AvgIpc) is 2.81. The van der Waals surface area contributed by atoms with Crippen molar-refractivity contribution in [2.24, 2.45) is 0 Å². The van der Waals surface area contributed by atoms with Gasteiger partial charge in [0.15, 0.2) is 0 Å². The average molecular weight is 253 g/mol. The number of likely N-dealkylation sites (tertiary alicyclic amines) is 1. The van der Waals surface area contributed by atoms with Crippen LogP contribution in [0.15, 0.2) is 16.8 Å². The smallest absolute Gasteiger partial charge is 0.326 e. The van der Waals surface area contributed by atoms with E-state index < -0.39 is 12.0 Å². The van der Waals surface area contributed by atoms with Crippen molar-refractivity contribution in [3.63, 3.8) is 0 Å². The van der Waals surface area contributed by atoms with Crippen molar-refractivity contribution in [2.45, 2.75) is 31.7 Å². The van der Waals surface area contributed by atoms with E-state index in [0.29, 0.717) is 19.4 Å². The Morgan fingerprint density at radius 2 is 2.29 bits per heavy atom. The first-order valence-electron chi connectivity index (χ1n) is 5.72. The minimum absolute atomic E-state index is 0.0736. The Morgan fingerprint density at radius 3 is 2.94 bits per heavy atom. The summed E-state index contributed by atoms with van der Waals surface area (Å²) in [7, 11) is 0. The zero-order valence-corrected chi connectivity index (χ0v) is 10.3. The fraction of sp³-hybridized carbons (Fsp3) is 0.500. The first-order chi connectivity index (χ1) is 8.18. The SMILES string of the molecule is O=C(O)[C@@H]1CCCCN1C(=O)Cc1ccsc1. The van der Waals surface area contributed by atoms with Gasteiger partial charge in [-0.05, 0) is 41.7 Å². The number of hydrogen-bond acceptors (Lipinski definition) is 3. The molecular weight excluding hydrogens is 238 g/mol. The number of amides is 1. The molecule has 0 spiro atoms. The summed E-state index contributed by atoms with van der Waals surface area (Å²) in [5.41, 5.74) is 0.967. The molecule has 92 valence electrons. The van der Waals surface area contributed by atoms with Crippen molar-refractivity contribution in [3.05, 3.63) is 22.4 Å². The summed E-state index contributed by atoms with van der Waals surface area (Å²) in [5.74, 6) is -0.959. The molecule has 5 heteroatoms. The number of carbonyl (C=O) groups is 2. The van der Waals surface area contributed by atoms with Crippen LogP contribution >= 0.6 is 11.3 Å². The van der Waals surface area contributed by atoms with E-state index in [1.54, 1.807) is 11.3 Å². The molecule has 2 heterocycles. The van der Waals surface area contributed by atoms with Crippen molar-refractivity contribution in [2.75, 3.05) is 6.54 Å². The third kappa shape index (κ3) is 2.85. The molecule has 1 aliphatic rings. The highest BCUT2D eigenvalue weighted by Gasteiger charge is 2.31. The molecule has 1 atom stereocenters. The van der Waals surface area contributed by atoms with Gasteiger partial charge in [-0.3, -0.25) is 4.79 Å². The number of carboxylic acids is 1. The number of carbonyl (C=O) groups excluding carboxylic acids is 1. The third-order valence-corrected chi connectivity index (χ3v) is 3.78. The van der Waals surface area contributed by atoms with E-state index in [9.17, 15) is 9.59 Å². The predicted molar refractivity (Wildman–Crippen MR) is 65.0 cm³/mol. The zero-order chi connectivity index (χ0) is 12.3. The van der Waals surface area contributed by atoms with Crippen LogP contribution < -0.4 is 0 Å². The Balaban J connectivity index is 2.03. The van der Waals surface area contributed by atoms with Crippen LogP contribution in [-0.2, 0) is 16.0 Å². The van der Waals surface area contributed by atoms with Crippen LogP contribution in [0.25, 0.3) is 0 Å². The molecule has 1 N–H and O–H groups in total. The number of carboxylic acid groups (broad SMARTS) is 1. The van der Waals surface area contributed by atoms with Crippen LogP contribution in [-0.4, -0.2) is 34.5 Å². The Kier molecular flexibility index (Phi) is 3.78. The highest BCUT2D eigenvalue weighted by molar-refractivity contribution is 7.07. The van der Waals surface area contributed by atoms with E-state index in [2.05, 4.69) is 0 Å². The van der Waals surface area contributed by atoms with Gasteiger partial charge in [0.25, 0.3) is 0 Å². The number of thiophene rings is 1. The standard InChI is InChI=1S/C12H15NO3S/c14-11(7-9-4-6-17-8-9)13-5-2-1-3-10(13)12(15)16/h4,6,8,10H,1-3,5,7H2,(H,15,16)/t10-/m0/s1. The summed E-state index contributed by atoms with van der Waals surface area (Å²) in [5, 5.41) is 12.9. The maximum absolute atomic E-state index is 12.0. The van der Waals surface area contributed by atoms with Crippen molar-refractivity contribution in [1.29, 1.82) is 0 Å². The normalized spacial score (nSPS) is 20.2. The molecule has 1 amide bonds. The zero-order valence-electron chi connectivity index (χ0n) is 9.46. The summed E-state index contributed by atoms with van der Waals surface area (Å²) in [6, 6.07) is 1.28. The van der Waals surface area contributed by atoms with Crippen molar-refractivity contribution in [1.82, 2.24) is 4.90 Å². The largest absolute Gasteiger partial charge is 0.480 e. The molecule has 1 aliphatic heterocycles. The number of rotatable bonds is 3. The highest BCUT2D eigenvalue weighted by Crippen LogP contribution is 2.19. The summed E-state index contributed by atoms with van der Waals surface area (Å²) in [6.45, 7) is 0.569. The van der Waals surface area contributed by atoms with Gasteiger partial charge in [-0.25, -0.2) is 4.79 Å². The summed E-state index contributed by atoms with van der Waals surface area (Å²) >= 11 is 1.55. The number of hydrogen-bond donors (Lipinski definition) is 1. The van der Waals surface area contributed by atoms with Crippen LogP contribution in [0.2, 0.25) is 0 Å². The lowest BCUT2D eigenvalue weighted by molar-refractivity contribution is -0.151. The third-order valence-electron chi connectivity index (χ3n) is 3.04. The molecule has 17 heavy (non-hydrogen) atoms. The number of piperidine rings is 1. The molecular formula is C12H15NO3S. The molecule has 1 aromatic heterocycles. The van der Waals surface area contributed by atoms with Crippen LogP contribution in [0.4, 0.5) is 0 Å². The molecule has 1 fully saturated rings. The molecule has 0 radical (unpaired) electrons. The highest BCUT2D eigenvalue weighted by atomic mass is 32.1. The molecule has 0 unspecified atom stereocenters. The number of aliphatic carboxylic acids is 1. The van der Waals surface area contributed by atoms with Gasteiger partial charge in [-0.1, -0.05) is 0 Å². The fourth-order valence-electron chi connectivity index (χ4n) is 2.16. The van der Waals surface area contributed by atoms with Gasteiger partial charge in [0, 0.05) is 6.54 Å².